The van der Waals surface area contributed by atoms with Gasteiger partial charge in [0.2, 0.25) is 5.82 Å². The van der Waals surface area contributed by atoms with E-state index in [-0.39, 0.29) is 5.56 Å². The van der Waals surface area contributed by atoms with Crippen molar-refractivity contribution in [2.45, 2.75) is 6.18 Å². The molecule has 0 aliphatic heterocycles. The van der Waals surface area contributed by atoms with Crippen molar-refractivity contribution in [1.29, 1.82) is 0 Å². The summed E-state index contributed by atoms with van der Waals surface area (Å²) in [5.74, 6) is -0.803. The second-order valence-electron chi connectivity index (χ2n) is 4.40. The predicted molar refractivity (Wildman–Crippen MR) is 70.0 cm³/mol. The normalized spacial score (nSPS) is 11.3. The van der Waals surface area contributed by atoms with E-state index in [1.54, 1.807) is 19.0 Å². The molecule has 0 amide bonds. The van der Waals surface area contributed by atoms with Crippen molar-refractivity contribution in [3.8, 4) is 11.1 Å². The number of anilines is 1. The number of aldehydes is 1. The largest absolute Gasteiger partial charge is 0.451 e. The minimum absolute atomic E-state index is 0.269. The first-order valence-electron chi connectivity index (χ1n) is 5.85. The molecule has 2 rings (SSSR count). The quantitative estimate of drug-likeness (QED) is 0.814. The minimum atomic E-state index is -4.60. The average Bonchev–Trinajstić information content (AvgIpc) is 2.45. The van der Waals surface area contributed by atoms with Crippen LogP contribution in [0.5, 0.6) is 0 Å². The lowest BCUT2D eigenvalue weighted by Gasteiger charge is -2.15. The SMILES string of the molecule is CN(C)c1nccc(-c2cnc(C(F)(F)F)nc2)c1C=O. The Hall–Kier alpha value is -2.51. The summed E-state index contributed by atoms with van der Waals surface area (Å²) in [6.07, 6.45) is -0.446. The van der Waals surface area contributed by atoms with E-state index in [1.807, 2.05) is 0 Å². The van der Waals surface area contributed by atoms with Gasteiger partial charge < -0.3 is 4.90 Å². The maximum absolute atomic E-state index is 12.4. The number of carbonyl (C=O) groups is 1. The molecule has 0 fully saturated rings. The Labute approximate surface area is 118 Å². The Balaban J connectivity index is 2.52. The summed E-state index contributed by atoms with van der Waals surface area (Å²) in [7, 11) is 3.42. The summed E-state index contributed by atoms with van der Waals surface area (Å²) in [5, 5.41) is 0. The van der Waals surface area contributed by atoms with E-state index in [4.69, 9.17) is 0 Å². The van der Waals surface area contributed by atoms with Gasteiger partial charge in [-0.3, -0.25) is 4.79 Å². The van der Waals surface area contributed by atoms with Crippen LogP contribution in [0, 0.1) is 0 Å². The average molecular weight is 296 g/mol. The molecular formula is C13H11F3N4O. The molecule has 0 aromatic carbocycles. The first kappa shape index (κ1) is 14.9. The molecule has 2 aromatic rings. The van der Waals surface area contributed by atoms with Crippen molar-refractivity contribution in [3.05, 3.63) is 36.0 Å². The van der Waals surface area contributed by atoms with Crippen molar-refractivity contribution < 1.29 is 18.0 Å². The number of aromatic nitrogens is 3. The van der Waals surface area contributed by atoms with Gasteiger partial charge in [0, 0.05) is 43.8 Å². The topological polar surface area (TPSA) is 59.0 Å². The van der Waals surface area contributed by atoms with E-state index in [9.17, 15) is 18.0 Å². The third-order valence-electron chi connectivity index (χ3n) is 2.73. The molecule has 0 saturated carbocycles. The van der Waals surface area contributed by atoms with Gasteiger partial charge in [-0.05, 0) is 6.07 Å². The van der Waals surface area contributed by atoms with Crippen LogP contribution in [-0.2, 0) is 6.18 Å². The summed E-state index contributed by atoms with van der Waals surface area (Å²) in [6.45, 7) is 0. The lowest BCUT2D eigenvalue weighted by atomic mass is 10.0. The third kappa shape index (κ3) is 2.99. The summed E-state index contributed by atoms with van der Waals surface area (Å²) in [5.41, 5.74) is 1.01. The van der Waals surface area contributed by atoms with E-state index < -0.39 is 12.0 Å². The molecule has 0 spiro atoms. The van der Waals surface area contributed by atoms with Crippen LogP contribution in [-0.4, -0.2) is 35.3 Å². The summed E-state index contributed by atoms with van der Waals surface area (Å²) >= 11 is 0. The smallest absolute Gasteiger partial charge is 0.362 e. The van der Waals surface area contributed by atoms with Gasteiger partial charge in [0.25, 0.3) is 0 Å². The molecule has 0 bridgehead atoms. The minimum Gasteiger partial charge on any atom is -0.362 e. The van der Waals surface area contributed by atoms with Crippen LogP contribution in [0.3, 0.4) is 0 Å². The number of hydrogen-bond acceptors (Lipinski definition) is 5. The molecule has 2 heterocycles. The molecule has 8 heteroatoms. The van der Waals surface area contributed by atoms with Crippen molar-refractivity contribution in [1.82, 2.24) is 15.0 Å². The number of rotatable bonds is 3. The number of alkyl halides is 3. The molecule has 21 heavy (non-hydrogen) atoms. The van der Waals surface area contributed by atoms with Crippen LogP contribution in [0.1, 0.15) is 16.2 Å². The fourth-order valence-electron chi connectivity index (χ4n) is 1.80. The highest BCUT2D eigenvalue weighted by Gasteiger charge is 2.34. The first-order valence-corrected chi connectivity index (χ1v) is 5.85. The van der Waals surface area contributed by atoms with Gasteiger partial charge in [0.05, 0.1) is 5.56 Å². The number of carbonyl (C=O) groups excluding carboxylic acids is 1. The van der Waals surface area contributed by atoms with Crippen molar-refractivity contribution in [2.75, 3.05) is 19.0 Å². The molecule has 0 aliphatic carbocycles. The Kier molecular flexibility index (Phi) is 3.88. The fourth-order valence-corrected chi connectivity index (χ4v) is 1.80. The molecule has 110 valence electrons. The molecule has 0 N–H and O–H groups in total. The molecule has 0 radical (unpaired) electrons. The molecule has 0 aliphatic rings. The molecule has 5 nitrogen and oxygen atoms in total. The monoisotopic (exact) mass is 296 g/mol. The van der Waals surface area contributed by atoms with Crippen LogP contribution in [0.4, 0.5) is 19.0 Å². The highest BCUT2D eigenvalue weighted by molar-refractivity contribution is 5.93. The van der Waals surface area contributed by atoms with Gasteiger partial charge in [0.15, 0.2) is 6.29 Å². The second-order valence-corrected chi connectivity index (χ2v) is 4.40. The Morgan fingerprint density at radius 3 is 2.24 bits per heavy atom. The van der Waals surface area contributed by atoms with Crippen molar-refractivity contribution >= 4 is 12.1 Å². The van der Waals surface area contributed by atoms with E-state index in [0.29, 0.717) is 23.2 Å². The summed E-state index contributed by atoms with van der Waals surface area (Å²) < 4.78 is 37.3. The first-order chi connectivity index (χ1) is 9.84. The van der Waals surface area contributed by atoms with Crippen molar-refractivity contribution in [2.24, 2.45) is 0 Å². The van der Waals surface area contributed by atoms with E-state index in [0.717, 1.165) is 12.4 Å². The summed E-state index contributed by atoms with van der Waals surface area (Å²) in [4.78, 5) is 23.5. The van der Waals surface area contributed by atoms with Crippen LogP contribution in [0.15, 0.2) is 24.7 Å². The predicted octanol–water partition coefficient (Wildman–Crippen LogP) is 2.44. The highest BCUT2D eigenvalue weighted by atomic mass is 19.4. The Bertz CT molecular complexity index is 653. The molecule has 0 atom stereocenters. The maximum Gasteiger partial charge on any atom is 0.451 e. The van der Waals surface area contributed by atoms with Gasteiger partial charge >= 0.3 is 6.18 Å². The van der Waals surface area contributed by atoms with E-state index >= 15 is 0 Å². The third-order valence-corrected chi connectivity index (χ3v) is 2.73. The fraction of sp³-hybridized carbons (Fsp3) is 0.231. The zero-order valence-electron chi connectivity index (χ0n) is 11.2. The van der Waals surface area contributed by atoms with Gasteiger partial charge in [-0.1, -0.05) is 0 Å². The number of hydrogen-bond donors (Lipinski definition) is 0. The van der Waals surface area contributed by atoms with Gasteiger partial charge in [-0.25, -0.2) is 15.0 Å². The highest BCUT2D eigenvalue weighted by Crippen LogP contribution is 2.29. The van der Waals surface area contributed by atoms with Crippen LogP contribution < -0.4 is 4.90 Å². The van der Waals surface area contributed by atoms with E-state index in [1.165, 1.54) is 12.3 Å². The molecular weight excluding hydrogens is 285 g/mol. The zero-order valence-corrected chi connectivity index (χ0v) is 11.2. The van der Waals surface area contributed by atoms with E-state index in [2.05, 4.69) is 15.0 Å². The Morgan fingerprint density at radius 2 is 1.76 bits per heavy atom. The number of nitrogens with zero attached hydrogens (tertiary/aromatic N) is 4. The zero-order chi connectivity index (χ0) is 15.6. The molecule has 0 saturated heterocycles. The number of halogens is 3. The lowest BCUT2D eigenvalue weighted by molar-refractivity contribution is -0.144. The van der Waals surface area contributed by atoms with Crippen LogP contribution >= 0.6 is 0 Å². The maximum atomic E-state index is 12.4. The Morgan fingerprint density at radius 1 is 1.14 bits per heavy atom. The standard InChI is InChI=1S/C13H11F3N4O/c1-20(2)11-10(7-21)9(3-4-17-11)8-5-18-12(19-6-8)13(14,15)16/h3-7H,1-2H3. The van der Waals surface area contributed by atoms with Crippen LogP contribution in [0.25, 0.3) is 11.1 Å². The lowest BCUT2D eigenvalue weighted by Crippen LogP contribution is -2.14. The number of pyridine rings is 1. The van der Waals surface area contributed by atoms with Gasteiger partial charge in [-0.2, -0.15) is 13.2 Å². The van der Waals surface area contributed by atoms with Gasteiger partial charge in [0.1, 0.15) is 5.82 Å². The molecule has 2 aromatic heterocycles. The summed E-state index contributed by atoms with van der Waals surface area (Å²) in [6, 6.07) is 1.53. The van der Waals surface area contributed by atoms with Crippen molar-refractivity contribution in [3.63, 3.8) is 0 Å². The van der Waals surface area contributed by atoms with Crippen LogP contribution in [0.2, 0.25) is 0 Å². The molecule has 0 unspecified atom stereocenters. The van der Waals surface area contributed by atoms with Gasteiger partial charge in [-0.15, -0.1) is 0 Å². The second kappa shape index (κ2) is 5.47.